The summed E-state index contributed by atoms with van der Waals surface area (Å²) in [6.07, 6.45) is -1.41. The van der Waals surface area contributed by atoms with Crippen LogP contribution in [0.1, 0.15) is 29.4 Å². The Labute approximate surface area is 141 Å². The van der Waals surface area contributed by atoms with Gasteiger partial charge in [0, 0.05) is 11.6 Å². The smallest absolute Gasteiger partial charge is 0.351 e. The molecule has 1 aromatic carbocycles. The molecule has 2 N–H and O–H groups in total. The molecule has 0 saturated carbocycles. The third-order valence-electron chi connectivity index (χ3n) is 2.97. The van der Waals surface area contributed by atoms with Crippen molar-refractivity contribution in [1.29, 1.82) is 0 Å². The van der Waals surface area contributed by atoms with Crippen molar-refractivity contribution in [2.24, 2.45) is 0 Å². The fourth-order valence-electron chi connectivity index (χ4n) is 1.84. The second kappa shape index (κ2) is 7.48. The summed E-state index contributed by atoms with van der Waals surface area (Å²) in [5, 5.41) is 5.13. The Morgan fingerprint density at radius 2 is 2.00 bits per heavy atom. The SMILES string of the molecule is CCCNC(=O)c1cnc(Nc2ccc(Cl)cc2C(F)(F)F)cn1. The third-order valence-corrected chi connectivity index (χ3v) is 3.20. The zero-order chi connectivity index (χ0) is 17.7. The van der Waals surface area contributed by atoms with Gasteiger partial charge in [-0.1, -0.05) is 18.5 Å². The molecule has 5 nitrogen and oxygen atoms in total. The van der Waals surface area contributed by atoms with Gasteiger partial charge in [-0.15, -0.1) is 0 Å². The molecule has 2 aromatic rings. The molecule has 1 amide bonds. The summed E-state index contributed by atoms with van der Waals surface area (Å²) in [7, 11) is 0. The van der Waals surface area contributed by atoms with Crippen LogP contribution in [-0.4, -0.2) is 22.4 Å². The van der Waals surface area contributed by atoms with Crippen LogP contribution in [0.15, 0.2) is 30.6 Å². The number of hydrogen-bond acceptors (Lipinski definition) is 4. The van der Waals surface area contributed by atoms with Crippen LogP contribution in [0.3, 0.4) is 0 Å². The molecule has 0 unspecified atom stereocenters. The van der Waals surface area contributed by atoms with E-state index in [0.29, 0.717) is 6.54 Å². The van der Waals surface area contributed by atoms with Crippen LogP contribution in [0.2, 0.25) is 5.02 Å². The van der Waals surface area contributed by atoms with Crippen molar-refractivity contribution in [1.82, 2.24) is 15.3 Å². The molecule has 24 heavy (non-hydrogen) atoms. The summed E-state index contributed by atoms with van der Waals surface area (Å²) < 4.78 is 39.1. The highest BCUT2D eigenvalue weighted by atomic mass is 35.5. The summed E-state index contributed by atoms with van der Waals surface area (Å²) in [6, 6.07) is 3.36. The van der Waals surface area contributed by atoms with Gasteiger partial charge in [-0.25, -0.2) is 9.97 Å². The van der Waals surface area contributed by atoms with E-state index in [4.69, 9.17) is 11.6 Å². The number of amides is 1. The first-order valence-corrected chi connectivity index (χ1v) is 7.43. The molecule has 0 radical (unpaired) electrons. The number of anilines is 2. The monoisotopic (exact) mass is 358 g/mol. The summed E-state index contributed by atoms with van der Waals surface area (Å²) in [4.78, 5) is 19.5. The molecule has 0 bridgehead atoms. The second-order valence-corrected chi connectivity index (χ2v) is 5.29. The lowest BCUT2D eigenvalue weighted by atomic mass is 10.1. The van der Waals surface area contributed by atoms with Crippen LogP contribution in [0.4, 0.5) is 24.7 Å². The van der Waals surface area contributed by atoms with Gasteiger partial charge in [0.05, 0.1) is 23.6 Å². The van der Waals surface area contributed by atoms with Gasteiger partial charge in [0.1, 0.15) is 11.5 Å². The molecular weight excluding hydrogens is 345 g/mol. The van der Waals surface area contributed by atoms with Crippen molar-refractivity contribution in [2.45, 2.75) is 19.5 Å². The van der Waals surface area contributed by atoms with E-state index < -0.39 is 17.6 Å². The summed E-state index contributed by atoms with van der Waals surface area (Å²) in [6.45, 7) is 2.41. The average molecular weight is 359 g/mol. The zero-order valence-electron chi connectivity index (χ0n) is 12.6. The number of alkyl halides is 3. The van der Waals surface area contributed by atoms with Crippen LogP contribution in [0.5, 0.6) is 0 Å². The van der Waals surface area contributed by atoms with E-state index in [1.54, 1.807) is 0 Å². The van der Waals surface area contributed by atoms with Crippen LogP contribution in [-0.2, 0) is 6.18 Å². The van der Waals surface area contributed by atoms with Crippen molar-refractivity contribution in [3.05, 3.63) is 46.9 Å². The molecule has 1 aromatic heterocycles. The van der Waals surface area contributed by atoms with E-state index >= 15 is 0 Å². The minimum Gasteiger partial charge on any atom is -0.351 e. The predicted octanol–water partition coefficient (Wildman–Crippen LogP) is 4.03. The van der Waals surface area contributed by atoms with Crippen LogP contribution in [0.25, 0.3) is 0 Å². The van der Waals surface area contributed by atoms with Gasteiger partial charge >= 0.3 is 6.18 Å². The van der Waals surface area contributed by atoms with E-state index in [-0.39, 0.29) is 22.2 Å². The molecule has 0 atom stereocenters. The highest BCUT2D eigenvalue weighted by Crippen LogP contribution is 2.37. The molecule has 0 spiro atoms. The highest BCUT2D eigenvalue weighted by molar-refractivity contribution is 6.30. The summed E-state index contributed by atoms with van der Waals surface area (Å²) in [5.74, 6) is -0.312. The van der Waals surface area contributed by atoms with Gasteiger partial charge in [0.2, 0.25) is 0 Å². The van der Waals surface area contributed by atoms with E-state index in [1.165, 1.54) is 24.5 Å². The number of halogens is 4. The van der Waals surface area contributed by atoms with E-state index in [0.717, 1.165) is 12.5 Å². The first-order chi connectivity index (χ1) is 11.3. The fraction of sp³-hybridized carbons (Fsp3) is 0.267. The number of aromatic nitrogens is 2. The minimum atomic E-state index is -4.57. The van der Waals surface area contributed by atoms with Crippen molar-refractivity contribution >= 4 is 29.0 Å². The van der Waals surface area contributed by atoms with Gasteiger partial charge in [-0.3, -0.25) is 4.79 Å². The maximum atomic E-state index is 13.0. The lowest BCUT2D eigenvalue weighted by Crippen LogP contribution is -2.25. The maximum Gasteiger partial charge on any atom is 0.418 e. The lowest BCUT2D eigenvalue weighted by molar-refractivity contribution is -0.136. The molecule has 0 saturated heterocycles. The predicted molar refractivity (Wildman–Crippen MR) is 84.4 cm³/mol. The van der Waals surface area contributed by atoms with Gasteiger partial charge in [0.15, 0.2) is 0 Å². The molecule has 2 rings (SSSR count). The van der Waals surface area contributed by atoms with Crippen LogP contribution in [0, 0.1) is 0 Å². The quantitative estimate of drug-likeness (QED) is 0.846. The van der Waals surface area contributed by atoms with Crippen molar-refractivity contribution in [3.63, 3.8) is 0 Å². The first kappa shape index (κ1) is 18.0. The number of benzene rings is 1. The maximum absolute atomic E-state index is 13.0. The minimum absolute atomic E-state index is 0.0260. The molecule has 128 valence electrons. The number of carbonyl (C=O) groups is 1. The van der Waals surface area contributed by atoms with Crippen LogP contribution >= 0.6 is 11.6 Å². The summed E-state index contributed by atoms with van der Waals surface area (Å²) >= 11 is 5.62. The fourth-order valence-corrected chi connectivity index (χ4v) is 2.01. The van der Waals surface area contributed by atoms with Crippen LogP contribution < -0.4 is 10.6 Å². The Kier molecular flexibility index (Phi) is 5.61. The number of nitrogens with one attached hydrogen (secondary N) is 2. The first-order valence-electron chi connectivity index (χ1n) is 7.05. The molecule has 0 fully saturated rings. The number of rotatable bonds is 5. The number of hydrogen-bond donors (Lipinski definition) is 2. The second-order valence-electron chi connectivity index (χ2n) is 4.86. The molecule has 1 heterocycles. The Balaban J connectivity index is 2.19. The van der Waals surface area contributed by atoms with Crippen molar-refractivity contribution < 1.29 is 18.0 Å². The molecule has 9 heteroatoms. The van der Waals surface area contributed by atoms with Crippen molar-refractivity contribution in [3.8, 4) is 0 Å². The Hall–Kier alpha value is -2.35. The topological polar surface area (TPSA) is 66.9 Å². The number of carbonyl (C=O) groups excluding carboxylic acids is 1. The van der Waals surface area contributed by atoms with E-state index in [9.17, 15) is 18.0 Å². The van der Waals surface area contributed by atoms with E-state index in [2.05, 4.69) is 20.6 Å². The molecule has 0 aliphatic heterocycles. The Bertz CT molecular complexity index is 720. The standard InChI is InChI=1S/C15H14ClF3N4O/c1-2-5-20-14(24)12-7-22-13(8-21-12)23-11-4-3-9(16)6-10(11)15(17,18)19/h3-4,6-8H,2,5H2,1H3,(H,20,24)(H,22,23). The highest BCUT2D eigenvalue weighted by Gasteiger charge is 2.34. The molecule has 0 aliphatic carbocycles. The van der Waals surface area contributed by atoms with Crippen molar-refractivity contribution in [2.75, 3.05) is 11.9 Å². The third kappa shape index (κ3) is 4.58. The normalized spacial score (nSPS) is 11.2. The van der Waals surface area contributed by atoms with Gasteiger partial charge in [0.25, 0.3) is 5.91 Å². The zero-order valence-corrected chi connectivity index (χ0v) is 13.4. The average Bonchev–Trinajstić information content (AvgIpc) is 2.54. The van der Waals surface area contributed by atoms with Gasteiger partial charge in [-0.05, 0) is 24.6 Å². The Morgan fingerprint density at radius 1 is 1.25 bits per heavy atom. The lowest BCUT2D eigenvalue weighted by Gasteiger charge is -2.14. The van der Waals surface area contributed by atoms with Gasteiger partial charge in [-0.2, -0.15) is 13.2 Å². The molecule has 0 aliphatic rings. The summed E-state index contributed by atoms with van der Waals surface area (Å²) in [5.41, 5.74) is -1.04. The van der Waals surface area contributed by atoms with Gasteiger partial charge < -0.3 is 10.6 Å². The number of nitrogens with zero attached hydrogens (tertiary/aromatic N) is 2. The molecular formula is C15H14ClF3N4O. The Morgan fingerprint density at radius 3 is 2.58 bits per heavy atom. The largest absolute Gasteiger partial charge is 0.418 e. The van der Waals surface area contributed by atoms with E-state index in [1.807, 2.05) is 6.92 Å².